The van der Waals surface area contributed by atoms with Crippen molar-refractivity contribution in [2.75, 3.05) is 0 Å². The Morgan fingerprint density at radius 3 is 2.76 bits per heavy atom. The van der Waals surface area contributed by atoms with Crippen molar-refractivity contribution in [1.29, 1.82) is 0 Å². The number of hydrogen-bond acceptors (Lipinski definition) is 3. The average Bonchev–Trinajstić information content (AvgIpc) is 2.32. The van der Waals surface area contributed by atoms with Crippen molar-refractivity contribution < 1.29 is 15.0 Å². The van der Waals surface area contributed by atoms with Crippen LogP contribution in [0.3, 0.4) is 0 Å². The van der Waals surface area contributed by atoms with Crippen LogP contribution in [0.4, 0.5) is 0 Å². The monoisotopic (exact) mass is 235 g/mol. The number of aliphatic hydroxyl groups excluding tert-OH is 1. The van der Waals surface area contributed by atoms with Crippen LogP contribution in [0.1, 0.15) is 36.0 Å². The Morgan fingerprint density at radius 2 is 2.06 bits per heavy atom. The molecule has 1 aromatic rings. The van der Waals surface area contributed by atoms with Crippen molar-refractivity contribution in [3.8, 4) is 5.75 Å². The fourth-order valence-electron chi connectivity index (χ4n) is 2.18. The highest BCUT2D eigenvalue weighted by Crippen LogP contribution is 2.19. The topological polar surface area (TPSA) is 69.6 Å². The molecule has 0 radical (unpaired) electrons. The first-order valence-electron chi connectivity index (χ1n) is 5.95. The number of carbonyl (C=O) groups excluding carboxylic acids is 1. The summed E-state index contributed by atoms with van der Waals surface area (Å²) >= 11 is 0. The maximum Gasteiger partial charge on any atom is 0.251 e. The Hall–Kier alpha value is -1.55. The summed E-state index contributed by atoms with van der Waals surface area (Å²) in [5, 5.41) is 21.9. The minimum absolute atomic E-state index is 0.0712. The fraction of sp³-hybridized carbons (Fsp3) is 0.462. The SMILES string of the molecule is O=C(N[C@@H]1CCCC[C@H]1O)c1cccc(O)c1. The zero-order chi connectivity index (χ0) is 12.3. The summed E-state index contributed by atoms with van der Waals surface area (Å²) in [5.41, 5.74) is 0.419. The second kappa shape index (κ2) is 5.19. The van der Waals surface area contributed by atoms with E-state index in [9.17, 15) is 15.0 Å². The van der Waals surface area contributed by atoms with Gasteiger partial charge in [0, 0.05) is 5.56 Å². The van der Waals surface area contributed by atoms with E-state index < -0.39 is 6.10 Å². The number of aliphatic hydroxyl groups is 1. The highest BCUT2D eigenvalue weighted by Gasteiger charge is 2.24. The second-order valence-electron chi connectivity index (χ2n) is 4.48. The summed E-state index contributed by atoms with van der Waals surface area (Å²) in [6.45, 7) is 0. The third-order valence-electron chi connectivity index (χ3n) is 3.15. The van der Waals surface area contributed by atoms with Gasteiger partial charge in [0.1, 0.15) is 5.75 Å². The number of nitrogens with one attached hydrogen (secondary N) is 1. The molecule has 0 heterocycles. The molecule has 17 heavy (non-hydrogen) atoms. The molecule has 92 valence electrons. The van der Waals surface area contributed by atoms with Crippen molar-refractivity contribution in [1.82, 2.24) is 5.32 Å². The lowest BCUT2D eigenvalue weighted by atomic mass is 9.92. The second-order valence-corrected chi connectivity index (χ2v) is 4.48. The Labute approximate surface area is 100 Å². The van der Waals surface area contributed by atoms with E-state index in [1.165, 1.54) is 12.1 Å². The molecule has 0 bridgehead atoms. The quantitative estimate of drug-likeness (QED) is 0.726. The van der Waals surface area contributed by atoms with Crippen LogP contribution in [0.2, 0.25) is 0 Å². The van der Waals surface area contributed by atoms with Crippen molar-refractivity contribution >= 4 is 5.91 Å². The maximum atomic E-state index is 11.9. The molecule has 0 aliphatic heterocycles. The van der Waals surface area contributed by atoms with Crippen LogP contribution in [0, 0.1) is 0 Å². The molecule has 2 rings (SSSR count). The molecule has 1 saturated carbocycles. The normalized spacial score (nSPS) is 24.3. The van der Waals surface area contributed by atoms with Gasteiger partial charge < -0.3 is 15.5 Å². The zero-order valence-corrected chi connectivity index (χ0v) is 9.60. The molecule has 1 fully saturated rings. The van der Waals surface area contributed by atoms with Gasteiger partial charge in [-0.05, 0) is 31.0 Å². The highest BCUT2D eigenvalue weighted by atomic mass is 16.3. The lowest BCUT2D eigenvalue weighted by molar-refractivity contribution is 0.0717. The van der Waals surface area contributed by atoms with E-state index >= 15 is 0 Å². The van der Waals surface area contributed by atoms with Gasteiger partial charge in [-0.3, -0.25) is 4.79 Å². The summed E-state index contributed by atoms with van der Waals surface area (Å²) < 4.78 is 0. The number of benzene rings is 1. The third kappa shape index (κ3) is 2.97. The van der Waals surface area contributed by atoms with Crippen LogP contribution >= 0.6 is 0 Å². The molecule has 4 heteroatoms. The van der Waals surface area contributed by atoms with Crippen molar-refractivity contribution in [3.63, 3.8) is 0 Å². The van der Waals surface area contributed by atoms with Gasteiger partial charge in [0.05, 0.1) is 12.1 Å². The first-order valence-corrected chi connectivity index (χ1v) is 5.95. The molecule has 1 aliphatic carbocycles. The Kier molecular flexibility index (Phi) is 3.64. The lowest BCUT2D eigenvalue weighted by Gasteiger charge is -2.28. The molecule has 1 aliphatic rings. The van der Waals surface area contributed by atoms with E-state index in [0.29, 0.717) is 5.56 Å². The van der Waals surface area contributed by atoms with Crippen LogP contribution in [0.5, 0.6) is 5.75 Å². The van der Waals surface area contributed by atoms with Crippen LogP contribution in [-0.4, -0.2) is 28.3 Å². The van der Waals surface area contributed by atoms with Gasteiger partial charge >= 0.3 is 0 Å². The lowest BCUT2D eigenvalue weighted by Crippen LogP contribution is -2.45. The fourth-order valence-corrected chi connectivity index (χ4v) is 2.18. The summed E-state index contributed by atoms with van der Waals surface area (Å²) in [5.74, 6) is -0.173. The molecular weight excluding hydrogens is 218 g/mol. The van der Waals surface area contributed by atoms with E-state index in [2.05, 4.69) is 5.32 Å². The van der Waals surface area contributed by atoms with E-state index in [-0.39, 0.29) is 17.7 Å². The number of aromatic hydroxyl groups is 1. The number of hydrogen-bond donors (Lipinski definition) is 3. The molecule has 0 saturated heterocycles. The van der Waals surface area contributed by atoms with Gasteiger partial charge in [0.2, 0.25) is 0 Å². The Balaban J connectivity index is 2.01. The standard InChI is InChI=1S/C13H17NO3/c15-10-5-3-4-9(8-10)13(17)14-11-6-1-2-7-12(11)16/h3-5,8,11-12,15-16H,1-2,6-7H2,(H,14,17)/t11-,12-/m1/s1. The van der Waals surface area contributed by atoms with Crippen LogP contribution in [0.25, 0.3) is 0 Å². The Bertz CT molecular complexity index is 405. The van der Waals surface area contributed by atoms with Crippen molar-refractivity contribution in [2.45, 2.75) is 37.8 Å². The largest absolute Gasteiger partial charge is 0.508 e. The number of amides is 1. The molecule has 0 spiro atoms. The minimum atomic E-state index is -0.454. The van der Waals surface area contributed by atoms with Crippen LogP contribution in [-0.2, 0) is 0 Å². The van der Waals surface area contributed by atoms with Crippen molar-refractivity contribution in [3.05, 3.63) is 29.8 Å². The minimum Gasteiger partial charge on any atom is -0.508 e. The summed E-state index contributed by atoms with van der Waals surface area (Å²) in [6, 6.07) is 6.04. The average molecular weight is 235 g/mol. The van der Waals surface area contributed by atoms with Crippen LogP contribution in [0.15, 0.2) is 24.3 Å². The summed E-state index contributed by atoms with van der Waals surface area (Å²) in [7, 11) is 0. The maximum absolute atomic E-state index is 11.9. The number of rotatable bonds is 2. The predicted octanol–water partition coefficient (Wildman–Crippen LogP) is 1.43. The first-order chi connectivity index (χ1) is 8.16. The third-order valence-corrected chi connectivity index (χ3v) is 3.15. The molecule has 0 unspecified atom stereocenters. The molecule has 1 aromatic carbocycles. The number of carbonyl (C=O) groups is 1. The molecule has 1 amide bonds. The van der Waals surface area contributed by atoms with Crippen molar-refractivity contribution in [2.24, 2.45) is 0 Å². The van der Waals surface area contributed by atoms with Crippen LogP contribution < -0.4 is 5.32 Å². The van der Waals surface area contributed by atoms with E-state index in [1.54, 1.807) is 12.1 Å². The van der Waals surface area contributed by atoms with Gasteiger partial charge in [-0.15, -0.1) is 0 Å². The predicted molar refractivity (Wildman–Crippen MR) is 63.8 cm³/mol. The van der Waals surface area contributed by atoms with E-state index in [1.807, 2.05) is 0 Å². The molecular formula is C13H17NO3. The summed E-state index contributed by atoms with van der Waals surface area (Å²) in [4.78, 5) is 11.9. The van der Waals surface area contributed by atoms with Gasteiger partial charge in [-0.1, -0.05) is 18.9 Å². The van der Waals surface area contributed by atoms with Gasteiger partial charge in [-0.25, -0.2) is 0 Å². The number of phenolic OH excluding ortho intramolecular Hbond substituents is 1. The highest BCUT2D eigenvalue weighted by molar-refractivity contribution is 5.94. The summed E-state index contributed by atoms with van der Waals surface area (Å²) in [6.07, 6.45) is 3.14. The smallest absolute Gasteiger partial charge is 0.251 e. The number of phenols is 1. The van der Waals surface area contributed by atoms with Gasteiger partial charge in [-0.2, -0.15) is 0 Å². The van der Waals surface area contributed by atoms with E-state index in [0.717, 1.165) is 25.7 Å². The molecule has 4 nitrogen and oxygen atoms in total. The van der Waals surface area contributed by atoms with E-state index in [4.69, 9.17) is 0 Å². The van der Waals surface area contributed by atoms with Gasteiger partial charge in [0.25, 0.3) is 5.91 Å². The molecule has 2 atom stereocenters. The van der Waals surface area contributed by atoms with Gasteiger partial charge in [0.15, 0.2) is 0 Å². The first kappa shape index (κ1) is 11.9. The molecule has 3 N–H and O–H groups in total. The zero-order valence-electron chi connectivity index (χ0n) is 9.60. The molecule has 0 aromatic heterocycles. The Morgan fingerprint density at radius 1 is 1.29 bits per heavy atom.